The van der Waals surface area contributed by atoms with Crippen molar-refractivity contribution in [2.75, 3.05) is 13.6 Å². The smallest absolute Gasteiger partial charge is 0.253 e. The maximum Gasteiger partial charge on any atom is 0.253 e. The quantitative estimate of drug-likeness (QED) is 0.694. The van der Waals surface area contributed by atoms with Crippen LogP contribution in [0.25, 0.3) is 21.9 Å². The number of nitrogens with one attached hydrogen (secondary N) is 1. The lowest BCUT2D eigenvalue weighted by Gasteiger charge is -2.25. The van der Waals surface area contributed by atoms with Crippen molar-refractivity contribution in [3.8, 4) is 11.1 Å². The molecule has 1 N–H and O–H groups in total. The van der Waals surface area contributed by atoms with Crippen LogP contribution in [0.1, 0.15) is 36.5 Å². The van der Waals surface area contributed by atoms with Crippen LogP contribution in [0.15, 0.2) is 60.9 Å². The van der Waals surface area contributed by atoms with Crippen molar-refractivity contribution in [3.05, 3.63) is 66.5 Å². The molecular formula is C25H27N3O2. The van der Waals surface area contributed by atoms with E-state index in [-0.39, 0.29) is 23.8 Å². The second kappa shape index (κ2) is 8.66. The monoisotopic (exact) mass is 401 g/mol. The minimum atomic E-state index is 0.00712. The normalized spacial score (nSPS) is 18.3. The zero-order valence-corrected chi connectivity index (χ0v) is 17.5. The van der Waals surface area contributed by atoms with Crippen molar-refractivity contribution in [1.29, 1.82) is 0 Å². The number of rotatable bonds is 5. The molecule has 154 valence electrons. The average Bonchev–Trinajstić information content (AvgIpc) is 3.28. The Morgan fingerprint density at radius 2 is 1.80 bits per heavy atom. The number of pyridine rings is 1. The summed E-state index contributed by atoms with van der Waals surface area (Å²) in [4.78, 5) is 31.0. The number of carbonyl (C=O) groups is 2. The summed E-state index contributed by atoms with van der Waals surface area (Å²) in [5, 5.41) is 5.15. The molecule has 1 saturated carbocycles. The van der Waals surface area contributed by atoms with Crippen molar-refractivity contribution in [2.24, 2.45) is 5.92 Å². The number of nitrogens with zero attached hydrogens (tertiary/aromatic N) is 2. The number of amides is 2. The lowest BCUT2D eigenvalue weighted by molar-refractivity contribution is -0.124. The summed E-state index contributed by atoms with van der Waals surface area (Å²) in [5.74, 6) is 0.125. The highest BCUT2D eigenvalue weighted by Gasteiger charge is 2.33. The number of hydrogen-bond acceptors (Lipinski definition) is 3. The first kappa shape index (κ1) is 20.1. The molecule has 1 aromatic heterocycles. The summed E-state index contributed by atoms with van der Waals surface area (Å²) in [6.07, 6.45) is 6.09. The first-order valence-corrected chi connectivity index (χ1v) is 10.6. The van der Waals surface area contributed by atoms with E-state index in [1.807, 2.05) is 50.5 Å². The molecule has 0 spiro atoms. The Balaban J connectivity index is 1.45. The molecule has 2 aromatic carbocycles. The van der Waals surface area contributed by atoms with Crippen LogP contribution >= 0.6 is 0 Å². The molecule has 4 rings (SSSR count). The van der Waals surface area contributed by atoms with Crippen LogP contribution in [-0.2, 0) is 4.79 Å². The fraction of sp³-hybridized carbons (Fsp3) is 0.320. The Bertz CT molecular complexity index is 1060. The van der Waals surface area contributed by atoms with Gasteiger partial charge in [0.15, 0.2) is 0 Å². The topological polar surface area (TPSA) is 62.3 Å². The van der Waals surface area contributed by atoms with Gasteiger partial charge in [-0.15, -0.1) is 0 Å². The van der Waals surface area contributed by atoms with E-state index in [1.54, 1.807) is 11.1 Å². The molecular weight excluding hydrogens is 374 g/mol. The largest absolute Gasteiger partial charge is 0.356 e. The number of benzene rings is 2. The molecule has 30 heavy (non-hydrogen) atoms. The fourth-order valence-electron chi connectivity index (χ4n) is 4.30. The molecule has 0 aliphatic heterocycles. The van der Waals surface area contributed by atoms with Crippen LogP contribution in [0, 0.1) is 5.92 Å². The summed E-state index contributed by atoms with van der Waals surface area (Å²) in [5.41, 5.74) is 2.86. The number of aromatic nitrogens is 1. The second-order valence-electron chi connectivity index (χ2n) is 7.99. The van der Waals surface area contributed by atoms with Crippen LogP contribution in [0.4, 0.5) is 0 Å². The number of hydrogen-bond donors (Lipinski definition) is 1. The Morgan fingerprint density at radius 1 is 1.03 bits per heavy atom. The average molecular weight is 402 g/mol. The molecule has 0 radical (unpaired) electrons. The number of carbonyl (C=O) groups excluding carboxylic acids is 2. The summed E-state index contributed by atoms with van der Waals surface area (Å²) >= 11 is 0. The van der Waals surface area contributed by atoms with Gasteiger partial charge in [-0.1, -0.05) is 24.3 Å². The minimum Gasteiger partial charge on any atom is -0.356 e. The first-order valence-electron chi connectivity index (χ1n) is 10.6. The van der Waals surface area contributed by atoms with Crippen molar-refractivity contribution in [2.45, 2.75) is 32.2 Å². The molecule has 0 unspecified atom stereocenters. The Morgan fingerprint density at radius 3 is 2.57 bits per heavy atom. The van der Waals surface area contributed by atoms with Crippen molar-refractivity contribution >= 4 is 22.6 Å². The molecule has 1 aliphatic rings. The third-order valence-electron chi connectivity index (χ3n) is 6.10. The van der Waals surface area contributed by atoms with Crippen molar-refractivity contribution in [3.63, 3.8) is 0 Å². The standard InChI is InChI=1S/C25H27N3O2/c1-3-27-24(29)21-10-11-23(15-21)28(2)25(30)18-6-4-17(5-7-18)19-8-9-22-16-26-13-12-20(22)14-19/h4-9,12-14,16,21,23H,3,10-11,15H2,1-2H3,(H,27,29)/t21-,23+/m0/s1. The van der Waals surface area contributed by atoms with Gasteiger partial charge in [-0.25, -0.2) is 0 Å². The Hall–Kier alpha value is -3.21. The summed E-state index contributed by atoms with van der Waals surface area (Å²) < 4.78 is 0. The predicted octanol–water partition coefficient (Wildman–Crippen LogP) is 4.28. The van der Waals surface area contributed by atoms with E-state index in [2.05, 4.69) is 28.5 Å². The van der Waals surface area contributed by atoms with Gasteiger partial charge in [0.25, 0.3) is 5.91 Å². The molecule has 2 amide bonds. The van der Waals surface area contributed by atoms with Gasteiger partial charge >= 0.3 is 0 Å². The van der Waals surface area contributed by atoms with Crippen LogP contribution in [0.3, 0.4) is 0 Å². The molecule has 5 heteroatoms. The third-order valence-corrected chi connectivity index (χ3v) is 6.10. The van der Waals surface area contributed by atoms with E-state index in [9.17, 15) is 9.59 Å². The van der Waals surface area contributed by atoms with Gasteiger partial charge in [0.1, 0.15) is 0 Å². The van der Waals surface area contributed by atoms with Gasteiger partial charge in [-0.05, 0) is 67.0 Å². The maximum atomic E-state index is 13.0. The third kappa shape index (κ3) is 4.06. The second-order valence-corrected chi connectivity index (χ2v) is 7.99. The van der Waals surface area contributed by atoms with E-state index >= 15 is 0 Å². The van der Waals surface area contributed by atoms with Crippen LogP contribution in [0.2, 0.25) is 0 Å². The van der Waals surface area contributed by atoms with E-state index in [0.717, 1.165) is 41.2 Å². The molecule has 3 aromatic rings. The summed E-state index contributed by atoms with van der Waals surface area (Å²) in [6, 6.07) is 16.2. The van der Waals surface area contributed by atoms with Crippen molar-refractivity contribution < 1.29 is 9.59 Å². The van der Waals surface area contributed by atoms with E-state index in [4.69, 9.17) is 0 Å². The zero-order valence-electron chi connectivity index (χ0n) is 17.5. The summed E-state index contributed by atoms with van der Waals surface area (Å²) in [7, 11) is 1.85. The lowest BCUT2D eigenvalue weighted by Crippen LogP contribution is -2.36. The molecule has 1 heterocycles. The SMILES string of the molecule is CCNC(=O)[C@H]1CC[C@@H](N(C)C(=O)c2ccc(-c3ccc4cnccc4c3)cc2)C1. The highest BCUT2D eigenvalue weighted by Crippen LogP contribution is 2.30. The zero-order chi connectivity index (χ0) is 21.1. The van der Waals surface area contributed by atoms with Gasteiger partial charge in [-0.3, -0.25) is 14.6 Å². The predicted molar refractivity (Wildman–Crippen MR) is 119 cm³/mol. The molecule has 2 atom stereocenters. The van der Waals surface area contributed by atoms with Crippen molar-refractivity contribution in [1.82, 2.24) is 15.2 Å². The molecule has 5 nitrogen and oxygen atoms in total. The maximum absolute atomic E-state index is 13.0. The molecule has 0 bridgehead atoms. The first-order chi connectivity index (χ1) is 14.6. The van der Waals surface area contributed by atoms with Crippen LogP contribution < -0.4 is 5.32 Å². The van der Waals surface area contributed by atoms with E-state index in [0.29, 0.717) is 12.1 Å². The van der Waals surface area contributed by atoms with Gasteiger partial charge in [0.2, 0.25) is 5.91 Å². The highest BCUT2D eigenvalue weighted by molar-refractivity contribution is 5.95. The van der Waals surface area contributed by atoms with Gasteiger partial charge in [-0.2, -0.15) is 0 Å². The van der Waals surface area contributed by atoms with Gasteiger partial charge in [0, 0.05) is 48.9 Å². The van der Waals surface area contributed by atoms with E-state index in [1.165, 1.54) is 0 Å². The van der Waals surface area contributed by atoms with Gasteiger partial charge in [0.05, 0.1) is 0 Å². The fourth-order valence-corrected chi connectivity index (χ4v) is 4.30. The molecule has 1 aliphatic carbocycles. The highest BCUT2D eigenvalue weighted by atomic mass is 16.2. The van der Waals surface area contributed by atoms with Gasteiger partial charge < -0.3 is 10.2 Å². The van der Waals surface area contributed by atoms with Crippen LogP contribution in [0.5, 0.6) is 0 Å². The molecule has 1 fully saturated rings. The van der Waals surface area contributed by atoms with Crippen LogP contribution in [-0.4, -0.2) is 41.3 Å². The Kier molecular flexibility index (Phi) is 5.79. The summed E-state index contributed by atoms with van der Waals surface area (Å²) in [6.45, 7) is 2.58. The minimum absolute atomic E-state index is 0.00712. The molecule has 0 saturated heterocycles. The van der Waals surface area contributed by atoms with E-state index < -0.39 is 0 Å². The Labute approximate surface area is 177 Å². The number of fused-ring (bicyclic) bond motifs is 1. The lowest BCUT2D eigenvalue weighted by atomic mass is 10.0.